The highest BCUT2D eigenvalue weighted by Crippen LogP contribution is 1.99. The molecule has 6 heteroatoms. The van der Waals surface area contributed by atoms with Crippen molar-refractivity contribution in [1.29, 1.82) is 0 Å². The second-order valence-electron chi connectivity index (χ2n) is 4.78. The number of carbonyl (C=O) groups is 2. The largest absolute Gasteiger partial charge is 1.00 e. The molecule has 1 amide bonds. The lowest BCUT2D eigenvalue weighted by Gasteiger charge is -2.28. The van der Waals surface area contributed by atoms with Crippen LogP contribution in [0.15, 0.2) is 12.2 Å². The summed E-state index contributed by atoms with van der Waals surface area (Å²) in [5.41, 5.74) is 0.508. The van der Waals surface area contributed by atoms with Gasteiger partial charge in [0.05, 0.1) is 27.7 Å². The van der Waals surface area contributed by atoms with Crippen molar-refractivity contribution in [2.45, 2.75) is 13.3 Å². The van der Waals surface area contributed by atoms with E-state index in [9.17, 15) is 9.59 Å². The number of nitrogens with zero attached hydrogens (tertiary/aromatic N) is 1. The predicted molar refractivity (Wildman–Crippen MR) is 66.3 cm³/mol. The van der Waals surface area contributed by atoms with Crippen LogP contribution >= 0.6 is 0 Å². The summed E-state index contributed by atoms with van der Waals surface area (Å²) in [7, 11) is 5.30. The van der Waals surface area contributed by atoms with Crippen LogP contribution in [-0.2, 0) is 14.3 Å². The van der Waals surface area contributed by atoms with Crippen molar-refractivity contribution in [3.8, 4) is 0 Å². The maximum absolute atomic E-state index is 11.2. The smallest absolute Gasteiger partial charge is 0.361 e. The number of halogens is 1. The number of nitrogens with one attached hydrogen (secondary N) is 1. The summed E-state index contributed by atoms with van der Waals surface area (Å²) >= 11 is 0. The fraction of sp³-hybridized carbons (Fsp3) is 0.667. The molecule has 18 heavy (non-hydrogen) atoms. The first-order chi connectivity index (χ1) is 7.78. The molecule has 0 aliphatic rings. The Hall–Kier alpha value is -1.07. The zero-order valence-corrected chi connectivity index (χ0v) is 12.3. The number of likely N-dealkylation sites (N-methyl/N-ethyl adjacent to an activating group) is 1. The second-order valence-corrected chi connectivity index (χ2v) is 4.78. The van der Waals surface area contributed by atoms with Crippen molar-refractivity contribution in [2.75, 3.05) is 40.8 Å². The Kier molecular flexibility index (Phi) is 9.57. The average molecular weight is 279 g/mol. The second kappa shape index (κ2) is 8.94. The molecule has 0 saturated heterocycles. The first kappa shape index (κ1) is 19.3. The molecule has 0 aromatic rings. The number of hydrogen-bond acceptors (Lipinski definition) is 3. The van der Waals surface area contributed by atoms with Gasteiger partial charge in [-0.15, -0.1) is 0 Å². The quantitative estimate of drug-likeness (QED) is 0.239. The molecule has 5 nitrogen and oxygen atoms in total. The van der Waals surface area contributed by atoms with Crippen LogP contribution < -0.4 is 17.7 Å². The number of rotatable bonds is 7. The van der Waals surface area contributed by atoms with E-state index in [2.05, 4.69) is 16.6 Å². The summed E-state index contributed by atoms with van der Waals surface area (Å²) in [6.45, 7) is 6.96. The maximum Gasteiger partial charge on any atom is 0.361 e. The van der Waals surface area contributed by atoms with E-state index < -0.39 is 0 Å². The molecule has 0 unspecified atom stereocenters. The highest BCUT2D eigenvalue weighted by molar-refractivity contribution is 5.91. The Bertz CT molecular complexity index is 304. The summed E-state index contributed by atoms with van der Waals surface area (Å²) < 4.78 is 5.18. The normalized spacial score (nSPS) is 10.2. The standard InChI is InChI=1S/C12H22N2O3.ClH/c1-10(2)12(16)13-7-6-8-14(3,4)9-11(15)17-5;/h1,6-9H2,2-5H3;1H. The third-order valence-electron chi connectivity index (χ3n) is 2.40. The molecule has 0 aromatic carbocycles. The summed E-state index contributed by atoms with van der Waals surface area (Å²) in [6.07, 6.45) is 0.809. The first-order valence-electron chi connectivity index (χ1n) is 5.61. The maximum atomic E-state index is 11.2. The van der Waals surface area contributed by atoms with Gasteiger partial charge in [0, 0.05) is 18.5 Å². The van der Waals surface area contributed by atoms with Gasteiger partial charge in [0.1, 0.15) is 0 Å². The van der Waals surface area contributed by atoms with Gasteiger partial charge in [0.2, 0.25) is 5.91 Å². The highest BCUT2D eigenvalue weighted by Gasteiger charge is 2.19. The molecule has 0 fully saturated rings. The third-order valence-corrected chi connectivity index (χ3v) is 2.40. The topological polar surface area (TPSA) is 55.4 Å². The molecule has 0 aromatic heterocycles. The Morgan fingerprint density at radius 3 is 2.33 bits per heavy atom. The summed E-state index contributed by atoms with van der Waals surface area (Å²) in [4.78, 5) is 22.3. The van der Waals surface area contributed by atoms with Gasteiger partial charge >= 0.3 is 5.97 Å². The molecule has 0 aliphatic carbocycles. The number of carbonyl (C=O) groups excluding carboxylic acids is 2. The van der Waals surface area contributed by atoms with Crippen molar-refractivity contribution < 1.29 is 31.2 Å². The van der Waals surface area contributed by atoms with E-state index in [0.29, 0.717) is 23.1 Å². The van der Waals surface area contributed by atoms with Gasteiger partial charge in [-0.2, -0.15) is 0 Å². The third kappa shape index (κ3) is 9.01. The van der Waals surface area contributed by atoms with Gasteiger partial charge in [-0.05, 0) is 6.92 Å². The van der Waals surface area contributed by atoms with Crippen LogP contribution in [0.4, 0.5) is 0 Å². The summed E-state index contributed by atoms with van der Waals surface area (Å²) in [5.74, 6) is -0.343. The first-order valence-corrected chi connectivity index (χ1v) is 5.61. The molecule has 0 saturated carbocycles. The monoisotopic (exact) mass is 278 g/mol. The minimum Gasteiger partial charge on any atom is -1.00 e. The van der Waals surface area contributed by atoms with Crippen molar-refractivity contribution in [3.63, 3.8) is 0 Å². The predicted octanol–water partition coefficient (Wildman–Crippen LogP) is -2.68. The molecular formula is C12H23ClN2O3. The van der Waals surface area contributed by atoms with E-state index in [-0.39, 0.29) is 24.3 Å². The van der Waals surface area contributed by atoms with Gasteiger partial charge in [0.25, 0.3) is 0 Å². The molecule has 0 radical (unpaired) electrons. The zero-order chi connectivity index (χ0) is 13.5. The summed E-state index contributed by atoms with van der Waals surface area (Å²) in [6, 6.07) is 0. The van der Waals surface area contributed by atoms with Gasteiger partial charge < -0.3 is 26.9 Å². The van der Waals surface area contributed by atoms with Gasteiger partial charge in [0.15, 0.2) is 6.54 Å². The number of methoxy groups -OCH3 is 1. The van der Waals surface area contributed by atoms with Crippen molar-refractivity contribution in [2.24, 2.45) is 0 Å². The minimum atomic E-state index is -0.221. The summed E-state index contributed by atoms with van der Waals surface area (Å²) in [5, 5.41) is 2.76. The molecule has 1 N–H and O–H groups in total. The average Bonchev–Trinajstić information content (AvgIpc) is 2.23. The molecule has 0 bridgehead atoms. The molecule has 0 spiro atoms. The van der Waals surface area contributed by atoms with Crippen LogP contribution in [0.5, 0.6) is 0 Å². The van der Waals surface area contributed by atoms with E-state index in [1.165, 1.54) is 7.11 Å². The fourth-order valence-electron chi connectivity index (χ4n) is 1.35. The number of quaternary nitrogens is 1. The van der Waals surface area contributed by atoms with Gasteiger partial charge in [-0.3, -0.25) is 4.79 Å². The molecule has 0 aliphatic heterocycles. The number of esters is 1. The van der Waals surface area contributed by atoms with Crippen molar-refractivity contribution >= 4 is 11.9 Å². The molecule has 0 atom stereocenters. The van der Waals surface area contributed by atoms with Gasteiger partial charge in [-0.1, -0.05) is 6.58 Å². The number of hydrogen-bond donors (Lipinski definition) is 1. The zero-order valence-electron chi connectivity index (χ0n) is 11.6. The van der Waals surface area contributed by atoms with Crippen LogP contribution in [0, 0.1) is 0 Å². The fourth-order valence-corrected chi connectivity index (χ4v) is 1.35. The molecule has 0 heterocycles. The van der Waals surface area contributed by atoms with Crippen LogP contribution in [0.2, 0.25) is 0 Å². The van der Waals surface area contributed by atoms with Crippen molar-refractivity contribution in [1.82, 2.24) is 5.32 Å². The lowest BCUT2D eigenvalue weighted by atomic mass is 10.3. The van der Waals surface area contributed by atoms with E-state index in [1.54, 1.807) is 6.92 Å². The minimum absolute atomic E-state index is 0. The lowest BCUT2D eigenvalue weighted by molar-refractivity contribution is -0.883. The number of ether oxygens (including phenoxy) is 1. The van der Waals surface area contributed by atoms with Gasteiger partial charge in [-0.25, -0.2) is 4.79 Å². The van der Waals surface area contributed by atoms with Crippen LogP contribution in [0.3, 0.4) is 0 Å². The highest BCUT2D eigenvalue weighted by atomic mass is 35.5. The molecule has 0 rings (SSSR count). The van der Waals surface area contributed by atoms with E-state index in [0.717, 1.165) is 13.0 Å². The van der Waals surface area contributed by atoms with Crippen LogP contribution in [-0.4, -0.2) is 57.2 Å². The number of amides is 1. The molecular weight excluding hydrogens is 256 g/mol. The van der Waals surface area contributed by atoms with E-state index in [1.807, 2.05) is 14.1 Å². The van der Waals surface area contributed by atoms with Crippen molar-refractivity contribution in [3.05, 3.63) is 12.2 Å². The van der Waals surface area contributed by atoms with Crippen LogP contribution in [0.25, 0.3) is 0 Å². The Morgan fingerprint density at radius 1 is 1.33 bits per heavy atom. The Morgan fingerprint density at radius 2 is 1.89 bits per heavy atom. The Labute approximate surface area is 115 Å². The lowest BCUT2D eigenvalue weighted by Crippen LogP contribution is -3.00. The van der Waals surface area contributed by atoms with E-state index in [4.69, 9.17) is 0 Å². The SMILES string of the molecule is C=C(C)C(=O)NCCC[N+](C)(C)CC(=O)OC.[Cl-]. The molecule has 106 valence electrons. The van der Waals surface area contributed by atoms with Crippen LogP contribution in [0.1, 0.15) is 13.3 Å². The van der Waals surface area contributed by atoms with E-state index >= 15 is 0 Å². The Balaban J connectivity index is 0.